The number of rotatable bonds is 7. The number of anilines is 3. The van der Waals surface area contributed by atoms with Crippen molar-refractivity contribution in [3.05, 3.63) is 85.5 Å². The summed E-state index contributed by atoms with van der Waals surface area (Å²) < 4.78 is 2.18. The summed E-state index contributed by atoms with van der Waals surface area (Å²) in [6.45, 7) is 2.10. The van der Waals surface area contributed by atoms with Crippen LogP contribution < -0.4 is 27.2 Å². The lowest BCUT2D eigenvalue weighted by Crippen LogP contribution is -2.43. The van der Waals surface area contributed by atoms with Gasteiger partial charge in [0, 0.05) is 16.7 Å². The van der Waals surface area contributed by atoms with Gasteiger partial charge in [0.1, 0.15) is 5.82 Å². The molecule has 30 heavy (non-hydrogen) atoms. The highest BCUT2D eigenvalue weighted by Crippen LogP contribution is 2.18. The lowest BCUT2D eigenvalue weighted by atomic mass is 10.2. The average Bonchev–Trinajstić information content (AvgIpc) is 2.74. The van der Waals surface area contributed by atoms with E-state index in [2.05, 4.69) is 26.2 Å². The number of likely N-dealkylation sites (N-methyl/N-ethyl adjacent to an activating group) is 1. The Hall–Kier alpha value is -3.33. The SMILES string of the molecule is CCN(C(=O)CNc1ccc(Br)cc1)c1c(N)n(Cc2ccccc2)c(=O)[nH]c1=O. The number of nitrogens with two attached hydrogens (primary N) is 1. The average molecular weight is 472 g/mol. The summed E-state index contributed by atoms with van der Waals surface area (Å²) in [7, 11) is 0. The standard InChI is InChI=1S/C21H22BrN5O3/c1-2-26(17(28)12-24-16-10-8-15(22)9-11-16)18-19(23)27(21(30)25-20(18)29)13-14-6-4-3-5-7-14/h3-11,24H,2,12-13,23H2,1H3,(H,25,29,30). The first-order chi connectivity index (χ1) is 14.4. The van der Waals surface area contributed by atoms with E-state index in [9.17, 15) is 14.4 Å². The fourth-order valence-corrected chi connectivity index (χ4v) is 3.33. The van der Waals surface area contributed by atoms with Gasteiger partial charge in [-0.3, -0.25) is 19.1 Å². The van der Waals surface area contributed by atoms with Crippen molar-refractivity contribution in [2.45, 2.75) is 13.5 Å². The highest BCUT2D eigenvalue weighted by atomic mass is 79.9. The summed E-state index contributed by atoms with van der Waals surface area (Å²) in [5.74, 6) is -0.394. The number of aromatic nitrogens is 2. The van der Waals surface area contributed by atoms with Crippen LogP contribution in [-0.4, -0.2) is 28.5 Å². The van der Waals surface area contributed by atoms with Gasteiger partial charge in [0.2, 0.25) is 5.91 Å². The van der Waals surface area contributed by atoms with Gasteiger partial charge < -0.3 is 16.0 Å². The topological polar surface area (TPSA) is 113 Å². The van der Waals surface area contributed by atoms with Crippen LogP contribution in [0.5, 0.6) is 0 Å². The molecular weight excluding hydrogens is 450 g/mol. The number of H-pyrrole nitrogens is 1. The van der Waals surface area contributed by atoms with Crippen LogP contribution in [0.1, 0.15) is 12.5 Å². The molecule has 2 aromatic carbocycles. The highest BCUT2D eigenvalue weighted by Gasteiger charge is 2.23. The third-order valence-corrected chi connectivity index (χ3v) is 5.10. The van der Waals surface area contributed by atoms with Crippen LogP contribution in [0.3, 0.4) is 0 Å². The first kappa shape index (κ1) is 21.4. The number of carbonyl (C=O) groups excluding carboxylic acids is 1. The zero-order valence-electron chi connectivity index (χ0n) is 16.4. The van der Waals surface area contributed by atoms with Gasteiger partial charge >= 0.3 is 5.69 Å². The summed E-state index contributed by atoms with van der Waals surface area (Å²) in [6, 6.07) is 16.6. The minimum absolute atomic E-state index is 0.0318. The van der Waals surface area contributed by atoms with E-state index in [-0.39, 0.29) is 37.0 Å². The molecule has 0 radical (unpaired) electrons. The van der Waals surface area contributed by atoms with Crippen LogP contribution in [-0.2, 0) is 11.3 Å². The Balaban J connectivity index is 1.88. The monoisotopic (exact) mass is 471 g/mol. The van der Waals surface area contributed by atoms with E-state index in [1.54, 1.807) is 6.92 Å². The predicted octanol–water partition coefficient (Wildman–Crippen LogP) is 2.39. The molecule has 0 aliphatic heterocycles. The maximum atomic E-state index is 12.8. The third-order valence-electron chi connectivity index (χ3n) is 4.57. The zero-order chi connectivity index (χ0) is 21.7. The maximum Gasteiger partial charge on any atom is 0.330 e. The number of nitrogens with zero attached hydrogens (tertiary/aromatic N) is 2. The van der Waals surface area contributed by atoms with Crippen LogP contribution in [0.15, 0.2) is 68.7 Å². The van der Waals surface area contributed by atoms with Crippen molar-refractivity contribution in [3.63, 3.8) is 0 Å². The van der Waals surface area contributed by atoms with Crippen molar-refractivity contribution < 1.29 is 4.79 Å². The quantitative estimate of drug-likeness (QED) is 0.489. The van der Waals surface area contributed by atoms with Crippen LogP contribution in [0.2, 0.25) is 0 Å². The molecule has 0 aliphatic rings. The fraction of sp³-hybridized carbons (Fsp3) is 0.190. The number of hydrogen-bond acceptors (Lipinski definition) is 5. The van der Waals surface area contributed by atoms with Crippen molar-refractivity contribution in [2.75, 3.05) is 29.0 Å². The Morgan fingerprint density at radius 2 is 1.80 bits per heavy atom. The summed E-state index contributed by atoms with van der Waals surface area (Å²) in [5, 5.41) is 3.03. The van der Waals surface area contributed by atoms with Crippen molar-refractivity contribution in [3.8, 4) is 0 Å². The fourth-order valence-electron chi connectivity index (χ4n) is 3.06. The second kappa shape index (κ2) is 9.45. The summed E-state index contributed by atoms with van der Waals surface area (Å²) in [6.07, 6.45) is 0. The normalized spacial score (nSPS) is 10.6. The van der Waals surface area contributed by atoms with Gasteiger partial charge in [0.15, 0.2) is 5.69 Å². The number of aromatic amines is 1. The summed E-state index contributed by atoms with van der Waals surface area (Å²) >= 11 is 3.36. The highest BCUT2D eigenvalue weighted by molar-refractivity contribution is 9.10. The molecule has 3 rings (SSSR count). The minimum Gasteiger partial charge on any atom is -0.383 e. The van der Waals surface area contributed by atoms with Gasteiger partial charge in [-0.25, -0.2) is 4.79 Å². The van der Waals surface area contributed by atoms with E-state index in [4.69, 9.17) is 5.73 Å². The Kier molecular flexibility index (Phi) is 6.73. The molecule has 156 valence electrons. The van der Waals surface area contributed by atoms with Gasteiger partial charge in [-0.2, -0.15) is 0 Å². The Morgan fingerprint density at radius 3 is 2.43 bits per heavy atom. The van der Waals surface area contributed by atoms with Crippen molar-refractivity contribution >= 4 is 39.0 Å². The van der Waals surface area contributed by atoms with Crippen molar-refractivity contribution in [2.24, 2.45) is 0 Å². The molecule has 1 amide bonds. The molecule has 1 aromatic heterocycles. The van der Waals surface area contributed by atoms with Crippen LogP contribution in [0.25, 0.3) is 0 Å². The largest absolute Gasteiger partial charge is 0.383 e. The van der Waals surface area contributed by atoms with Crippen LogP contribution >= 0.6 is 15.9 Å². The van der Waals surface area contributed by atoms with Crippen LogP contribution in [0.4, 0.5) is 17.2 Å². The molecule has 0 saturated heterocycles. The van der Waals surface area contributed by atoms with E-state index in [1.165, 1.54) is 9.47 Å². The maximum absolute atomic E-state index is 12.8. The van der Waals surface area contributed by atoms with E-state index >= 15 is 0 Å². The van der Waals surface area contributed by atoms with Gasteiger partial charge in [-0.05, 0) is 36.8 Å². The lowest BCUT2D eigenvalue weighted by Gasteiger charge is -2.23. The molecule has 0 fully saturated rings. The summed E-state index contributed by atoms with van der Waals surface area (Å²) in [4.78, 5) is 41.2. The molecule has 0 saturated carbocycles. The second-order valence-corrected chi connectivity index (χ2v) is 7.48. The third kappa shape index (κ3) is 4.80. The smallest absolute Gasteiger partial charge is 0.330 e. The van der Waals surface area contributed by atoms with Crippen LogP contribution in [0, 0.1) is 0 Å². The lowest BCUT2D eigenvalue weighted by molar-refractivity contribution is -0.116. The number of amides is 1. The number of benzene rings is 2. The molecule has 0 spiro atoms. The Labute approximate surface area is 181 Å². The zero-order valence-corrected chi connectivity index (χ0v) is 18.0. The van der Waals surface area contributed by atoms with E-state index < -0.39 is 11.2 Å². The number of nitrogen functional groups attached to an aromatic ring is 1. The van der Waals surface area contributed by atoms with Crippen molar-refractivity contribution in [1.82, 2.24) is 9.55 Å². The van der Waals surface area contributed by atoms with Gasteiger partial charge in [0.05, 0.1) is 13.1 Å². The molecule has 0 bridgehead atoms. The van der Waals surface area contributed by atoms with Gasteiger partial charge in [-0.15, -0.1) is 0 Å². The van der Waals surface area contributed by atoms with Gasteiger partial charge in [-0.1, -0.05) is 46.3 Å². The summed E-state index contributed by atoms with van der Waals surface area (Å²) in [5.41, 5.74) is 6.45. The second-order valence-electron chi connectivity index (χ2n) is 6.56. The number of hydrogen-bond donors (Lipinski definition) is 3. The molecular formula is C21H22BrN5O3. The molecule has 9 heteroatoms. The molecule has 8 nitrogen and oxygen atoms in total. The molecule has 1 heterocycles. The first-order valence-corrected chi connectivity index (χ1v) is 10.2. The number of carbonyl (C=O) groups is 1. The van der Waals surface area contributed by atoms with Gasteiger partial charge in [0.25, 0.3) is 5.56 Å². The Bertz CT molecular complexity index is 1140. The molecule has 0 atom stereocenters. The minimum atomic E-state index is -0.694. The van der Waals surface area contributed by atoms with E-state index in [1.807, 2.05) is 54.6 Å². The predicted molar refractivity (Wildman–Crippen MR) is 122 cm³/mol. The number of nitrogens with one attached hydrogen (secondary N) is 2. The molecule has 4 N–H and O–H groups in total. The first-order valence-electron chi connectivity index (χ1n) is 9.37. The van der Waals surface area contributed by atoms with Crippen molar-refractivity contribution in [1.29, 1.82) is 0 Å². The molecule has 3 aromatic rings. The van der Waals surface area contributed by atoms with E-state index in [0.717, 1.165) is 15.7 Å². The molecule has 0 aliphatic carbocycles. The number of halogens is 1. The molecule has 0 unspecified atom stereocenters. The Morgan fingerprint density at radius 1 is 1.13 bits per heavy atom. The van der Waals surface area contributed by atoms with E-state index in [0.29, 0.717) is 0 Å².